The number of nitrogens with one attached hydrogen (secondary N) is 3. The molecule has 3 heterocycles. The van der Waals surface area contributed by atoms with Crippen molar-refractivity contribution in [1.82, 2.24) is 13.7 Å². The fourth-order valence-corrected chi connectivity index (χ4v) is 12.3. The molecule has 0 radical (unpaired) electrons. The highest BCUT2D eigenvalue weighted by atomic mass is 79.9. The van der Waals surface area contributed by atoms with Crippen LogP contribution in [0, 0.1) is 0 Å². The van der Waals surface area contributed by atoms with Crippen molar-refractivity contribution in [3.8, 4) is 11.5 Å². The standard InChI is InChI=1S/2C22H19Br2FN2O.C20H16Br2N2/c2*1-28-18-4-2-3-17(11-18)26-12-16(25)13-27-21-7-5-14(23)9-19(21)20-10-15(24)6-8-22(20)27;21-14-6-8-19-17(12-14)18-13-15(22)7-9-20(18)24(19)11-10-23-16-4-2-1-3-5-16/h2*2-11,16,26H,12-13H2,1H3;1-9,12-13,23H,10-11H2/t2*16-;/m10./s1. The van der Waals surface area contributed by atoms with Crippen molar-refractivity contribution in [2.24, 2.45) is 0 Å². The smallest absolute Gasteiger partial charge is 0.135 e. The quantitative estimate of drug-likeness (QED) is 0.0899. The summed E-state index contributed by atoms with van der Waals surface area (Å²) in [5.74, 6) is 1.50. The first-order valence-electron chi connectivity index (χ1n) is 25.8. The minimum Gasteiger partial charge on any atom is -0.497 e. The van der Waals surface area contributed by atoms with Crippen LogP contribution in [0.15, 0.2) is 215 Å². The maximum Gasteiger partial charge on any atom is 0.135 e. The molecule has 8 nitrogen and oxygen atoms in total. The van der Waals surface area contributed by atoms with E-state index in [0.717, 1.165) is 112 Å². The Labute approximate surface area is 513 Å². The van der Waals surface area contributed by atoms with E-state index >= 15 is 0 Å². The van der Waals surface area contributed by atoms with E-state index in [2.05, 4.69) is 210 Å². The highest BCUT2D eigenvalue weighted by Gasteiger charge is 2.18. The molecule has 0 saturated heterocycles. The first kappa shape index (κ1) is 57.4. The van der Waals surface area contributed by atoms with E-state index in [-0.39, 0.29) is 26.2 Å². The summed E-state index contributed by atoms with van der Waals surface area (Å²) in [6.45, 7) is 2.80. The van der Waals surface area contributed by atoms with Gasteiger partial charge in [0, 0.05) is 148 Å². The summed E-state index contributed by atoms with van der Waals surface area (Å²) in [5.41, 5.74) is 9.49. The molecule has 0 bridgehead atoms. The van der Waals surface area contributed by atoms with Crippen molar-refractivity contribution < 1.29 is 18.3 Å². The zero-order valence-electron chi connectivity index (χ0n) is 43.5. The molecule has 80 heavy (non-hydrogen) atoms. The minimum absolute atomic E-state index is 0.224. The van der Waals surface area contributed by atoms with Gasteiger partial charge in [0.05, 0.1) is 27.3 Å². The van der Waals surface area contributed by atoms with Crippen LogP contribution in [0.2, 0.25) is 0 Å². The molecule has 0 aliphatic carbocycles. The van der Waals surface area contributed by atoms with E-state index in [4.69, 9.17) is 9.47 Å². The van der Waals surface area contributed by atoms with E-state index in [9.17, 15) is 8.78 Å². The van der Waals surface area contributed by atoms with Crippen LogP contribution in [-0.4, -0.2) is 59.9 Å². The number of para-hydroxylation sites is 1. The molecule has 0 aliphatic heterocycles. The van der Waals surface area contributed by atoms with Gasteiger partial charge in [-0.15, -0.1) is 0 Å². The average Bonchev–Trinajstić information content (AvgIpc) is 4.16. The van der Waals surface area contributed by atoms with Gasteiger partial charge >= 0.3 is 0 Å². The van der Waals surface area contributed by atoms with Gasteiger partial charge in [-0.3, -0.25) is 0 Å². The molecule has 12 rings (SSSR count). The number of aromatic nitrogens is 3. The van der Waals surface area contributed by atoms with Gasteiger partial charge in [0.2, 0.25) is 0 Å². The van der Waals surface area contributed by atoms with Gasteiger partial charge in [-0.25, -0.2) is 8.78 Å². The zero-order valence-corrected chi connectivity index (χ0v) is 53.0. The summed E-state index contributed by atoms with van der Waals surface area (Å²) in [4.78, 5) is 0. The second-order valence-corrected chi connectivity index (χ2v) is 24.5. The Hall–Kier alpha value is -5.88. The van der Waals surface area contributed by atoms with E-state index < -0.39 is 12.3 Å². The number of fused-ring (bicyclic) bond motifs is 9. The molecule has 0 aliphatic rings. The van der Waals surface area contributed by atoms with Crippen molar-refractivity contribution in [2.45, 2.75) is 32.0 Å². The lowest BCUT2D eigenvalue weighted by Crippen LogP contribution is -2.21. The average molecular weight is 1460 g/mol. The largest absolute Gasteiger partial charge is 0.497 e. The Balaban J connectivity index is 0.000000135. The van der Waals surface area contributed by atoms with Crippen molar-refractivity contribution in [1.29, 1.82) is 0 Å². The molecule has 0 unspecified atom stereocenters. The Morgan fingerprint density at radius 1 is 0.362 bits per heavy atom. The lowest BCUT2D eigenvalue weighted by Gasteiger charge is -2.14. The molecule has 16 heteroatoms. The van der Waals surface area contributed by atoms with Crippen LogP contribution < -0.4 is 25.4 Å². The number of methoxy groups -OCH3 is 2. The van der Waals surface area contributed by atoms with Crippen molar-refractivity contribution in [3.05, 3.63) is 215 Å². The van der Waals surface area contributed by atoms with Crippen LogP contribution in [0.25, 0.3) is 65.4 Å². The van der Waals surface area contributed by atoms with Crippen LogP contribution in [0.4, 0.5) is 25.8 Å². The number of anilines is 3. The molecule has 0 saturated carbocycles. The van der Waals surface area contributed by atoms with Crippen molar-refractivity contribution in [3.63, 3.8) is 0 Å². The number of rotatable bonds is 16. The predicted octanol–water partition coefficient (Wildman–Crippen LogP) is 20.0. The summed E-state index contributed by atoms with van der Waals surface area (Å²) in [5, 5.41) is 16.8. The van der Waals surface area contributed by atoms with E-state index in [1.165, 1.54) is 21.8 Å². The summed E-state index contributed by atoms with van der Waals surface area (Å²) in [7, 11) is 3.24. The van der Waals surface area contributed by atoms with Crippen LogP contribution in [0.3, 0.4) is 0 Å². The van der Waals surface area contributed by atoms with Crippen LogP contribution in [0.5, 0.6) is 11.5 Å². The summed E-state index contributed by atoms with van der Waals surface area (Å²) < 4.78 is 53.0. The highest BCUT2D eigenvalue weighted by Crippen LogP contribution is 2.37. The molecule has 0 amide bonds. The van der Waals surface area contributed by atoms with Gasteiger partial charge < -0.3 is 39.1 Å². The zero-order chi connectivity index (χ0) is 55.9. The molecule has 0 spiro atoms. The summed E-state index contributed by atoms with van der Waals surface area (Å²) in [6, 6.07) is 62.9. The van der Waals surface area contributed by atoms with Crippen molar-refractivity contribution in [2.75, 3.05) is 49.8 Å². The van der Waals surface area contributed by atoms with Crippen molar-refractivity contribution >= 4 is 178 Å². The van der Waals surface area contributed by atoms with Gasteiger partial charge in [-0.2, -0.15) is 0 Å². The molecular formula is C64H54Br6F2N6O2. The Kier molecular flexibility index (Phi) is 18.9. The predicted molar refractivity (Wildman–Crippen MR) is 352 cm³/mol. The minimum atomic E-state index is -1.04. The van der Waals surface area contributed by atoms with E-state index in [1.807, 2.05) is 103 Å². The Morgan fingerprint density at radius 2 is 0.675 bits per heavy atom. The maximum absolute atomic E-state index is 14.9. The van der Waals surface area contributed by atoms with Gasteiger partial charge in [0.1, 0.15) is 23.8 Å². The number of alkyl halides is 2. The third kappa shape index (κ3) is 13.5. The molecule has 3 aromatic heterocycles. The maximum atomic E-state index is 14.9. The molecule has 408 valence electrons. The molecule has 9 aromatic carbocycles. The number of hydrogen-bond donors (Lipinski definition) is 3. The van der Waals surface area contributed by atoms with Gasteiger partial charge in [0.15, 0.2) is 0 Å². The molecule has 2 atom stereocenters. The van der Waals surface area contributed by atoms with E-state index in [1.54, 1.807) is 14.2 Å². The fraction of sp³-hybridized carbons (Fsp3) is 0.156. The topological polar surface area (TPSA) is 69.3 Å². The number of ether oxygens (including phenoxy) is 2. The second kappa shape index (κ2) is 26.4. The Morgan fingerprint density at radius 3 is 1.00 bits per heavy atom. The van der Waals surface area contributed by atoms with Crippen LogP contribution >= 0.6 is 95.6 Å². The monoisotopic (exact) mass is 1450 g/mol. The molecule has 12 aromatic rings. The molecular weight excluding hydrogens is 1400 g/mol. The van der Waals surface area contributed by atoms with Gasteiger partial charge in [0.25, 0.3) is 0 Å². The molecule has 0 fully saturated rings. The SMILES string of the molecule is Brc1ccc2c(c1)c1cc(Br)ccc1n2CCNc1ccccc1.COc1cccc(NC[C@@H](F)Cn2c3ccc(Br)cc3c3cc(Br)ccc32)c1.COc1cccc(NC[C@H](F)Cn2c3ccc(Br)cc3c3cc(Br)ccc32)c1. The van der Waals surface area contributed by atoms with Crippen LogP contribution in [-0.2, 0) is 19.6 Å². The lowest BCUT2D eigenvalue weighted by molar-refractivity contribution is 0.315. The Bertz CT molecular complexity index is 3770. The normalized spacial score (nSPS) is 12.1. The third-order valence-electron chi connectivity index (χ3n) is 13.8. The van der Waals surface area contributed by atoms with Gasteiger partial charge in [-0.1, -0.05) is 126 Å². The number of benzene rings is 9. The summed E-state index contributed by atoms with van der Waals surface area (Å²) >= 11 is 21.4. The third-order valence-corrected chi connectivity index (χ3v) is 16.7. The number of nitrogens with zero attached hydrogens (tertiary/aromatic N) is 3. The molecule has 3 N–H and O–H groups in total. The second-order valence-electron chi connectivity index (χ2n) is 19.1. The first-order chi connectivity index (χ1) is 38.8. The summed E-state index contributed by atoms with van der Waals surface area (Å²) in [6.07, 6.45) is -2.09. The number of halogens is 8. The number of hydrogen-bond acceptors (Lipinski definition) is 5. The lowest BCUT2D eigenvalue weighted by atomic mass is 10.2. The highest BCUT2D eigenvalue weighted by molar-refractivity contribution is 9.11. The van der Waals surface area contributed by atoms with Gasteiger partial charge in [-0.05, 0) is 146 Å². The first-order valence-corrected chi connectivity index (χ1v) is 30.5. The fourth-order valence-electron chi connectivity index (χ4n) is 10.1. The van der Waals surface area contributed by atoms with E-state index in [0.29, 0.717) is 0 Å². The van der Waals surface area contributed by atoms with Crippen LogP contribution in [0.1, 0.15) is 0 Å².